The summed E-state index contributed by atoms with van der Waals surface area (Å²) in [6.45, 7) is 2.29. The second-order valence-electron chi connectivity index (χ2n) is 5.89. The fourth-order valence-corrected chi connectivity index (χ4v) is 2.90. The molecule has 6 heteroatoms. The van der Waals surface area contributed by atoms with Crippen molar-refractivity contribution in [2.75, 3.05) is 25.5 Å². The molecule has 124 valence electrons. The van der Waals surface area contributed by atoms with E-state index in [1.54, 1.807) is 6.92 Å². The van der Waals surface area contributed by atoms with Gasteiger partial charge in [-0.25, -0.2) is 4.79 Å². The van der Waals surface area contributed by atoms with Gasteiger partial charge in [-0.3, -0.25) is 0 Å². The van der Waals surface area contributed by atoms with Crippen molar-refractivity contribution in [1.82, 2.24) is 10.6 Å². The summed E-state index contributed by atoms with van der Waals surface area (Å²) in [6, 6.07) is 9.54. The smallest absolute Gasteiger partial charge is 0.315 e. The Morgan fingerprint density at radius 1 is 1.30 bits per heavy atom. The highest BCUT2D eigenvalue weighted by atomic mass is 32.1. The average molecular weight is 333 g/mol. The minimum absolute atomic E-state index is 0.160. The number of anilines is 1. The number of hydrogen-bond acceptors (Lipinski definition) is 4. The summed E-state index contributed by atoms with van der Waals surface area (Å²) in [5.74, 6) is 0. The molecule has 1 aromatic carbocycles. The Morgan fingerprint density at radius 3 is 2.74 bits per heavy atom. The highest BCUT2D eigenvalue weighted by Crippen LogP contribution is 2.21. The number of benzene rings is 1. The number of carbonyl (C=O) groups excluding carboxylic acids is 1. The van der Waals surface area contributed by atoms with Crippen LogP contribution in [0.3, 0.4) is 0 Å². The molecule has 1 unspecified atom stereocenters. The van der Waals surface area contributed by atoms with E-state index in [2.05, 4.69) is 10.6 Å². The van der Waals surface area contributed by atoms with Crippen molar-refractivity contribution in [3.8, 4) is 0 Å². The molecule has 0 saturated heterocycles. The van der Waals surface area contributed by atoms with Gasteiger partial charge in [0.1, 0.15) is 5.60 Å². The quantitative estimate of drug-likeness (QED) is 0.761. The molecule has 3 N–H and O–H groups in total. The molecule has 0 radical (unpaired) electrons. The molecule has 1 atom stereocenters. The van der Waals surface area contributed by atoms with Gasteiger partial charge in [-0.2, -0.15) is 11.3 Å². The van der Waals surface area contributed by atoms with Crippen LogP contribution in [0.25, 0.3) is 0 Å². The first kappa shape index (κ1) is 17.3. The summed E-state index contributed by atoms with van der Waals surface area (Å²) in [6.07, 6.45) is 0. The van der Waals surface area contributed by atoms with Crippen LogP contribution in [0.15, 0.2) is 41.1 Å². The first-order valence-corrected chi connectivity index (χ1v) is 8.36. The summed E-state index contributed by atoms with van der Waals surface area (Å²) < 4.78 is 0. The van der Waals surface area contributed by atoms with Crippen LogP contribution < -0.4 is 15.5 Å². The summed E-state index contributed by atoms with van der Waals surface area (Å²) in [7, 11) is 3.96. The second kappa shape index (κ2) is 7.48. The number of carbonyl (C=O) groups is 1. The number of aliphatic hydroxyl groups is 1. The molecule has 0 spiro atoms. The van der Waals surface area contributed by atoms with Crippen LogP contribution in [0.5, 0.6) is 0 Å². The summed E-state index contributed by atoms with van der Waals surface area (Å²) in [5.41, 5.74) is 1.85. The molecule has 2 aromatic rings. The minimum Gasteiger partial charge on any atom is -0.384 e. The molecule has 2 amide bonds. The van der Waals surface area contributed by atoms with Crippen LogP contribution in [0, 0.1) is 0 Å². The third kappa shape index (κ3) is 4.97. The van der Waals surface area contributed by atoms with Crippen LogP contribution in [0.2, 0.25) is 0 Å². The maximum atomic E-state index is 11.9. The van der Waals surface area contributed by atoms with Gasteiger partial charge in [-0.1, -0.05) is 12.1 Å². The first-order chi connectivity index (χ1) is 10.9. The molecule has 1 aromatic heterocycles. The number of urea groups is 1. The molecule has 0 bridgehead atoms. The van der Waals surface area contributed by atoms with Crippen molar-refractivity contribution in [2.45, 2.75) is 19.1 Å². The van der Waals surface area contributed by atoms with Crippen LogP contribution in [-0.2, 0) is 12.1 Å². The number of thiophene rings is 1. The van der Waals surface area contributed by atoms with Crippen molar-refractivity contribution in [3.05, 3.63) is 52.2 Å². The Morgan fingerprint density at radius 2 is 2.09 bits per heavy atom. The highest BCUT2D eigenvalue weighted by molar-refractivity contribution is 7.08. The van der Waals surface area contributed by atoms with Crippen molar-refractivity contribution in [3.63, 3.8) is 0 Å². The predicted molar refractivity (Wildman–Crippen MR) is 94.9 cm³/mol. The maximum Gasteiger partial charge on any atom is 0.315 e. The Balaban J connectivity index is 1.82. The van der Waals surface area contributed by atoms with Crippen molar-refractivity contribution < 1.29 is 9.90 Å². The molecule has 0 aliphatic heterocycles. The second-order valence-corrected chi connectivity index (χ2v) is 6.67. The summed E-state index contributed by atoms with van der Waals surface area (Å²) in [4.78, 5) is 13.9. The summed E-state index contributed by atoms with van der Waals surface area (Å²) in [5, 5.41) is 19.7. The lowest BCUT2D eigenvalue weighted by Gasteiger charge is -2.23. The van der Waals surface area contributed by atoms with Gasteiger partial charge in [0.2, 0.25) is 0 Å². The Bertz CT molecular complexity index is 639. The van der Waals surface area contributed by atoms with E-state index in [9.17, 15) is 9.90 Å². The largest absolute Gasteiger partial charge is 0.384 e. The molecule has 1 heterocycles. The van der Waals surface area contributed by atoms with E-state index in [0.717, 1.165) is 16.8 Å². The normalized spacial score (nSPS) is 13.2. The Hall–Kier alpha value is -2.05. The number of rotatable bonds is 6. The number of amides is 2. The zero-order chi connectivity index (χ0) is 16.9. The Labute approximate surface area is 140 Å². The van der Waals surface area contributed by atoms with Gasteiger partial charge in [0.15, 0.2) is 0 Å². The van der Waals surface area contributed by atoms with Crippen molar-refractivity contribution in [1.29, 1.82) is 0 Å². The molecular formula is C17H23N3O2S. The molecule has 0 saturated carbocycles. The molecule has 5 nitrogen and oxygen atoms in total. The molecule has 2 rings (SSSR count). The molecule has 23 heavy (non-hydrogen) atoms. The van der Waals surface area contributed by atoms with Gasteiger partial charge in [-0.15, -0.1) is 0 Å². The SMILES string of the molecule is CN(C)c1cccc(CNC(=O)NCC(C)(O)c2ccsc2)c1. The van der Waals surface area contributed by atoms with Crippen LogP contribution in [0.1, 0.15) is 18.1 Å². The lowest BCUT2D eigenvalue weighted by Crippen LogP contribution is -2.43. The third-order valence-electron chi connectivity index (χ3n) is 3.62. The first-order valence-electron chi connectivity index (χ1n) is 7.41. The van der Waals surface area contributed by atoms with Gasteiger partial charge in [0, 0.05) is 26.3 Å². The number of nitrogens with one attached hydrogen (secondary N) is 2. The van der Waals surface area contributed by atoms with E-state index in [0.29, 0.717) is 6.54 Å². The van der Waals surface area contributed by atoms with E-state index >= 15 is 0 Å². The monoisotopic (exact) mass is 333 g/mol. The van der Waals surface area contributed by atoms with Crippen molar-refractivity contribution in [2.24, 2.45) is 0 Å². The van der Waals surface area contributed by atoms with E-state index in [-0.39, 0.29) is 12.6 Å². The number of hydrogen-bond donors (Lipinski definition) is 3. The lowest BCUT2D eigenvalue weighted by molar-refractivity contribution is 0.0598. The van der Waals surface area contributed by atoms with Gasteiger partial charge in [-0.05, 0) is 47.0 Å². The lowest BCUT2D eigenvalue weighted by atomic mass is 9.99. The van der Waals surface area contributed by atoms with E-state index in [1.807, 2.05) is 60.1 Å². The molecule has 0 fully saturated rings. The fraction of sp³-hybridized carbons (Fsp3) is 0.353. The third-order valence-corrected chi connectivity index (χ3v) is 4.30. The van der Waals surface area contributed by atoms with Crippen LogP contribution >= 0.6 is 11.3 Å². The zero-order valence-electron chi connectivity index (χ0n) is 13.7. The zero-order valence-corrected chi connectivity index (χ0v) is 14.5. The van der Waals surface area contributed by atoms with Gasteiger partial charge < -0.3 is 20.6 Å². The topological polar surface area (TPSA) is 64.6 Å². The fourth-order valence-electron chi connectivity index (χ4n) is 2.11. The van der Waals surface area contributed by atoms with Crippen LogP contribution in [-0.4, -0.2) is 31.8 Å². The van der Waals surface area contributed by atoms with Crippen LogP contribution in [0.4, 0.5) is 10.5 Å². The predicted octanol–water partition coefficient (Wildman–Crippen LogP) is 2.52. The molecular weight excluding hydrogens is 310 g/mol. The highest BCUT2D eigenvalue weighted by Gasteiger charge is 2.24. The standard InChI is InChI=1S/C17H23N3O2S/c1-17(22,14-7-8-23-11-14)12-19-16(21)18-10-13-5-4-6-15(9-13)20(2)3/h4-9,11,22H,10,12H2,1-3H3,(H2,18,19,21). The van der Waals surface area contributed by atoms with E-state index in [1.165, 1.54) is 11.3 Å². The molecule has 0 aliphatic rings. The average Bonchev–Trinajstić information content (AvgIpc) is 3.06. The van der Waals surface area contributed by atoms with Gasteiger partial charge in [0.05, 0.1) is 6.54 Å². The van der Waals surface area contributed by atoms with E-state index in [4.69, 9.17) is 0 Å². The Kier molecular flexibility index (Phi) is 5.63. The van der Waals surface area contributed by atoms with E-state index < -0.39 is 5.60 Å². The van der Waals surface area contributed by atoms with Crippen molar-refractivity contribution >= 4 is 23.1 Å². The number of nitrogens with zero attached hydrogens (tertiary/aromatic N) is 1. The molecule has 0 aliphatic carbocycles. The maximum absolute atomic E-state index is 11.9. The summed E-state index contributed by atoms with van der Waals surface area (Å²) >= 11 is 1.52. The van der Waals surface area contributed by atoms with Gasteiger partial charge >= 0.3 is 6.03 Å². The van der Waals surface area contributed by atoms with Gasteiger partial charge in [0.25, 0.3) is 0 Å². The minimum atomic E-state index is -1.07.